The SMILES string of the molecule is CC1(C)c2cc(-c3cc(-c4ccccc4)nc(-c4ccc(-c5ccccn5)cc4)n3)ccc2-c2ccc3ccccc3c21. The minimum atomic E-state index is -0.138. The fourth-order valence-electron chi connectivity index (χ4n) is 6.56. The highest BCUT2D eigenvalue weighted by molar-refractivity contribution is 5.98. The van der Waals surface area contributed by atoms with Crippen molar-refractivity contribution in [3.05, 3.63) is 151 Å². The fraction of sp³-hybridized carbons (Fsp3) is 0.0750. The second-order valence-corrected chi connectivity index (χ2v) is 11.7. The van der Waals surface area contributed by atoms with Gasteiger partial charge in [-0.05, 0) is 57.3 Å². The summed E-state index contributed by atoms with van der Waals surface area (Å²) in [5.74, 6) is 0.706. The Balaban J connectivity index is 1.26. The molecule has 0 amide bonds. The van der Waals surface area contributed by atoms with E-state index in [9.17, 15) is 0 Å². The predicted molar refractivity (Wildman–Crippen MR) is 177 cm³/mol. The molecule has 43 heavy (non-hydrogen) atoms. The van der Waals surface area contributed by atoms with Crippen molar-refractivity contribution in [2.24, 2.45) is 0 Å². The van der Waals surface area contributed by atoms with E-state index >= 15 is 0 Å². The lowest BCUT2D eigenvalue weighted by Crippen LogP contribution is -2.15. The van der Waals surface area contributed by atoms with Crippen LogP contribution >= 0.6 is 0 Å². The number of rotatable bonds is 4. The summed E-state index contributed by atoms with van der Waals surface area (Å²) in [7, 11) is 0. The lowest BCUT2D eigenvalue weighted by Gasteiger charge is -2.23. The first-order chi connectivity index (χ1) is 21.1. The zero-order valence-electron chi connectivity index (χ0n) is 24.1. The Morgan fingerprint density at radius 2 is 1.14 bits per heavy atom. The minimum Gasteiger partial charge on any atom is -0.256 e. The van der Waals surface area contributed by atoms with E-state index in [0.29, 0.717) is 5.82 Å². The van der Waals surface area contributed by atoms with Crippen molar-refractivity contribution in [3.8, 4) is 56.3 Å². The summed E-state index contributed by atoms with van der Waals surface area (Å²) in [6.07, 6.45) is 1.82. The van der Waals surface area contributed by atoms with Gasteiger partial charge in [0.05, 0.1) is 17.1 Å². The third-order valence-corrected chi connectivity index (χ3v) is 8.73. The van der Waals surface area contributed by atoms with Gasteiger partial charge in [0, 0.05) is 33.9 Å². The number of nitrogens with zero attached hydrogens (tertiary/aromatic N) is 3. The van der Waals surface area contributed by atoms with Gasteiger partial charge in [-0.25, -0.2) is 9.97 Å². The molecule has 0 saturated carbocycles. The zero-order chi connectivity index (χ0) is 29.0. The maximum absolute atomic E-state index is 5.15. The van der Waals surface area contributed by atoms with Crippen LogP contribution in [0.4, 0.5) is 0 Å². The van der Waals surface area contributed by atoms with Gasteiger partial charge >= 0.3 is 0 Å². The van der Waals surface area contributed by atoms with Gasteiger partial charge in [-0.2, -0.15) is 0 Å². The van der Waals surface area contributed by atoms with Crippen molar-refractivity contribution in [3.63, 3.8) is 0 Å². The van der Waals surface area contributed by atoms with E-state index in [4.69, 9.17) is 9.97 Å². The Kier molecular flexibility index (Phi) is 5.80. The number of pyridine rings is 1. The first kappa shape index (κ1) is 25.3. The van der Waals surface area contributed by atoms with Crippen molar-refractivity contribution in [1.82, 2.24) is 15.0 Å². The van der Waals surface area contributed by atoms with E-state index in [1.165, 1.54) is 33.0 Å². The maximum Gasteiger partial charge on any atom is 0.160 e. The number of hydrogen-bond donors (Lipinski definition) is 0. The van der Waals surface area contributed by atoms with E-state index in [-0.39, 0.29) is 5.41 Å². The first-order valence-corrected chi connectivity index (χ1v) is 14.7. The van der Waals surface area contributed by atoms with Gasteiger partial charge in [-0.1, -0.05) is 123 Å². The lowest BCUT2D eigenvalue weighted by molar-refractivity contribution is 0.666. The van der Waals surface area contributed by atoms with Crippen molar-refractivity contribution in [2.45, 2.75) is 19.3 Å². The van der Waals surface area contributed by atoms with Crippen LogP contribution in [0.2, 0.25) is 0 Å². The molecule has 8 rings (SSSR count). The summed E-state index contributed by atoms with van der Waals surface area (Å²) in [5.41, 5.74) is 12.2. The molecule has 204 valence electrons. The average Bonchev–Trinajstić information content (AvgIpc) is 3.31. The molecular weight excluding hydrogens is 522 g/mol. The second-order valence-electron chi connectivity index (χ2n) is 11.7. The summed E-state index contributed by atoms with van der Waals surface area (Å²) in [5, 5.41) is 2.61. The largest absolute Gasteiger partial charge is 0.256 e. The molecule has 0 unspecified atom stereocenters. The van der Waals surface area contributed by atoms with Crippen LogP contribution in [0, 0.1) is 0 Å². The van der Waals surface area contributed by atoms with Crippen molar-refractivity contribution >= 4 is 10.8 Å². The molecule has 0 N–H and O–H groups in total. The van der Waals surface area contributed by atoms with E-state index in [0.717, 1.165) is 39.3 Å². The first-order valence-electron chi connectivity index (χ1n) is 14.7. The molecule has 3 nitrogen and oxygen atoms in total. The topological polar surface area (TPSA) is 38.7 Å². The molecule has 0 atom stereocenters. The van der Waals surface area contributed by atoms with E-state index in [1.54, 1.807) is 0 Å². The summed E-state index contributed by atoms with van der Waals surface area (Å²) in [4.78, 5) is 14.7. The summed E-state index contributed by atoms with van der Waals surface area (Å²) < 4.78 is 0. The zero-order valence-corrected chi connectivity index (χ0v) is 24.1. The summed E-state index contributed by atoms with van der Waals surface area (Å²) in [6.45, 7) is 4.69. The van der Waals surface area contributed by atoms with E-state index < -0.39 is 0 Å². The van der Waals surface area contributed by atoms with Gasteiger partial charge in [0.15, 0.2) is 5.82 Å². The molecule has 7 aromatic rings. The second kappa shape index (κ2) is 9.85. The normalized spacial score (nSPS) is 13.1. The standard InChI is InChI=1S/C40H29N3/c1-40(2)34-24-30(20-21-32(34)33-22-19-26-10-6-7-13-31(26)38(33)40)37-25-36(27-11-4-3-5-12-27)42-39(43-37)29-17-15-28(16-18-29)35-14-8-9-23-41-35/h3-25H,1-2H3. The van der Waals surface area contributed by atoms with Crippen molar-refractivity contribution < 1.29 is 0 Å². The summed E-state index contributed by atoms with van der Waals surface area (Å²) in [6, 6.07) is 46.9. The number of hydrogen-bond acceptors (Lipinski definition) is 3. The van der Waals surface area contributed by atoms with Gasteiger partial charge in [0.25, 0.3) is 0 Å². The molecule has 3 heteroatoms. The van der Waals surface area contributed by atoms with Gasteiger partial charge in [0.2, 0.25) is 0 Å². The van der Waals surface area contributed by atoms with Crippen LogP contribution in [0.3, 0.4) is 0 Å². The van der Waals surface area contributed by atoms with Crippen LogP contribution in [0.25, 0.3) is 67.1 Å². The molecule has 0 radical (unpaired) electrons. The predicted octanol–water partition coefficient (Wildman–Crippen LogP) is 10.00. The van der Waals surface area contributed by atoms with E-state index in [1.807, 2.05) is 30.5 Å². The van der Waals surface area contributed by atoms with Crippen LogP contribution < -0.4 is 0 Å². The molecule has 0 saturated heterocycles. The molecule has 1 aliphatic rings. The number of benzene rings is 5. The lowest BCUT2D eigenvalue weighted by atomic mass is 9.80. The van der Waals surface area contributed by atoms with Crippen LogP contribution in [-0.2, 0) is 5.41 Å². The molecule has 1 aliphatic carbocycles. The van der Waals surface area contributed by atoms with Crippen LogP contribution in [0.5, 0.6) is 0 Å². The Bertz CT molecular complexity index is 2130. The third kappa shape index (κ3) is 4.24. The van der Waals surface area contributed by atoms with E-state index in [2.05, 4.69) is 128 Å². The minimum absolute atomic E-state index is 0.138. The third-order valence-electron chi connectivity index (χ3n) is 8.73. The van der Waals surface area contributed by atoms with Gasteiger partial charge in [0.1, 0.15) is 0 Å². The van der Waals surface area contributed by atoms with Crippen molar-refractivity contribution in [1.29, 1.82) is 0 Å². The van der Waals surface area contributed by atoms with Gasteiger partial charge in [-0.3, -0.25) is 4.98 Å². The molecular formula is C40H29N3. The summed E-state index contributed by atoms with van der Waals surface area (Å²) >= 11 is 0. The highest BCUT2D eigenvalue weighted by Crippen LogP contribution is 2.52. The van der Waals surface area contributed by atoms with Crippen LogP contribution in [-0.4, -0.2) is 15.0 Å². The quantitative estimate of drug-likeness (QED) is 0.218. The Labute approximate surface area is 251 Å². The molecule has 2 heterocycles. The highest BCUT2D eigenvalue weighted by Gasteiger charge is 2.37. The number of fused-ring (bicyclic) bond motifs is 5. The average molecular weight is 552 g/mol. The number of aromatic nitrogens is 3. The molecule has 0 aliphatic heterocycles. The Hall–Kier alpha value is -5.41. The maximum atomic E-state index is 5.15. The van der Waals surface area contributed by atoms with Crippen molar-refractivity contribution in [2.75, 3.05) is 0 Å². The van der Waals surface area contributed by atoms with Gasteiger partial charge < -0.3 is 0 Å². The molecule has 0 bridgehead atoms. The molecule has 2 aromatic heterocycles. The smallest absolute Gasteiger partial charge is 0.160 e. The molecule has 5 aromatic carbocycles. The Morgan fingerprint density at radius 1 is 0.488 bits per heavy atom. The van der Waals surface area contributed by atoms with Crippen LogP contribution in [0.15, 0.2) is 140 Å². The fourth-order valence-corrected chi connectivity index (χ4v) is 6.56. The van der Waals surface area contributed by atoms with Gasteiger partial charge in [-0.15, -0.1) is 0 Å². The molecule has 0 spiro atoms. The van der Waals surface area contributed by atoms with Crippen LogP contribution in [0.1, 0.15) is 25.0 Å². The molecule has 0 fully saturated rings. The highest BCUT2D eigenvalue weighted by atomic mass is 14.9. The monoisotopic (exact) mass is 551 g/mol. The Morgan fingerprint density at radius 3 is 1.93 bits per heavy atom.